The molecular weight excluding hydrogens is 232 g/mol. The fourth-order valence-corrected chi connectivity index (χ4v) is 2.80. The van der Waals surface area contributed by atoms with Gasteiger partial charge in [0.15, 0.2) is 0 Å². The molecule has 0 fully saturated rings. The summed E-state index contributed by atoms with van der Waals surface area (Å²) in [5, 5.41) is 1.31. The van der Waals surface area contributed by atoms with E-state index < -0.39 is 0 Å². The van der Waals surface area contributed by atoms with Crippen molar-refractivity contribution in [3.05, 3.63) is 65.9 Å². The summed E-state index contributed by atoms with van der Waals surface area (Å²) in [7, 11) is 0. The lowest BCUT2D eigenvalue weighted by atomic mass is 10.1. The molecule has 2 aromatic carbocycles. The van der Waals surface area contributed by atoms with Gasteiger partial charge in [-0.3, -0.25) is 0 Å². The topological polar surface area (TPSA) is 30.9 Å². The van der Waals surface area contributed by atoms with Crippen molar-refractivity contribution in [2.45, 2.75) is 13.3 Å². The number of aromatic nitrogens is 1. The van der Waals surface area contributed by atoms with Gasteiger partial charge in [-0.2, -0.15) is 0 Å². The average molecular weight is 250 g/mol. The molecule has 1 aromatic heterocycles. The van der Waals surface area contributed by atoms with E-state index in [1.807, 2.05) is 6.07 Å². The first-order chi connectivity index (χ1) is 9.33. The Morgan fingerprint density at radius 1 is 0.947 bits per heavy atom. The van der Waals surface area contributed by atoms with E-state index in [0.29, 0.717) is 6.54 Å². The quantitative estimate of drug-likeness (QED) is 0.758. The third-order valence-electron chi connectivity index (χ3n) is 3.65. The van der Waals surface area contributed by atoms with Gasteiger partial charge in [-0.25, -0.2) is 0 Å². The van der Waals surface area contributed by atoms with Gasteiger partial charge in [-0.15, -0.1) is 0 Å². The molecule has 1 heterocycles. The van der Waals surface area contributed by atoms with E-state index in [1.54, 1.807) is 0 Å². The van der Waals surface area contributed by atoms with Crippen molar-refractivity contribution in [3.63, 3.8) is 0 Å². The molecule has 96 valence electrons. The minimum atomic E-state index is 0.684. The Balaban J connectivity index is 2.33. The summed E-state index contributed by atoms with van der Waals surface area (Å²) in [5.41, 5.74) is 10.9. The van der Waals surface area contributed by atoms with Gasteiger partial charge in [-0.1, -0.05) is 36.4 Å². The highest BCUT2D eigenvalue weighted by Gasteiger charge is 2.13. The predicted molar refractivity (Wildman–Crippen MR) is 80.8 cm³/mol. The highest BCUT2D eigenvalue weighted by atomic mass is 15.0. The Morgan fingerprint density at radius 3 is 2.37 bits per heavy atom. The maximum absolute atomic E-state index is 5.76. The third kappa shape index (κ3) is 1.94. The number of rotatable bonds is 3. The van der Waals surface area contributed by atoms with E-state index in [0.717, 1.165) is 6.42 Å². The molecule has 0 aliphatic heterocycles. The van der Waals surface area contributed by atoms with Crippen LogP contribution in [-0.4, -0.2) is 11.1 Å². The summed E-state index contributed by atoms with van der Waals surface area (Å²) in [6.45, 7) is 2.86. The first kappa shape index (κ1) is 12.0. The highest BCUT2D eigenvalue weighted by molar-refractivity contribution is 5.87. The summed E-state index contributed by atoms with van der Waals surface area (Å²) in [5.74, 6) is 0. The Bertz CT molecular complexity index is 696. The molecule has 0 aliphatic rings. The molecule has 0 atom stereocenters. The van der Waals surface area contributed by atoms with Crippen LogP contribution in [0.15, 0.2) is 54.6 Å². The first-order valence-electron chi connectivity index (χ1n) is 6.67. The van der Waals surface area contributed by atoms with Crippen molar-refractivity contribution in [1.82, 2.24) is 4.57 Å². The van der Waals surface area contributed by atoms with Gasteiger partial charge in [0.1, 0.15) is 0 Å². The molecule has 0 radical (unpaired) electrons. The van der Waals surface area contributed by atoms with Gasteiger partial charge in [0.2, 0.25) is 0 Å². The molecule has 0 saturated carbocycles. The Labute approximate surface area is 113 Å². The molecule has 0 unspecified atom stereocenters. The molecule has 0 spiro atoms. The van der Waals surface area contributed by atoms with Crippen LogP contribution in [0.25, 0.3) is 16.6 Å². The van der Waals surface area contributed by atoms with Crippen molar-refractivity contribution in [3.8, 4) is 5.69 Å². The van der Waals surface area contributed by atoms with Gasteiger partial charge >= 0.3 is 0 Å². The Hall–Kier alpha value is -2.06. The van der Waals surface area contributed by atoms with E-state index in [-0.39, 0.29) is 0 Å². The molecule has 0 bridgehead atoms. The molecule has 0 amide bonds. The van der Waals surface area contributed by atoms with E-state index in [9.17, 15) is 0 Å². The van der Waals surface area contributed by atoms with Gasteiger partial charge in [0.25, 0.3) is 0 Å². The smallest absolute Gasteiger partial charge is 0.0534 e. The summed E-state index contributed by atoms with van der Waals surface area (Å²) < 4.78 is 2.32. The van der Waals surface area contributed by atoms with Crippen LogP contribution < -0.4 is 5.73 Å². The zero-order valence-electron chi connectivity index (χ0n) is 11.1. The van der Waals surface area contributed by atoms with E-state index in [1.165, 1.54) is 27.8 Å². The predicted octanol–water partition coefficient (Wildman–Crippen LogP) is 3.44. The maximum Gasteiger partial charge on any atom is 0.0534 e. The Morgan fingerprint density at radius 2 is 1.63 bits per heavy atom. The molecule has 2 heteroatoms. The van der Waals surface area contributed by atoms with Crippen molar-refractivity contribution in [2.24, 2.45) is 5.73 Å². The monoisotopic (exact) mass is 250 g/mol. The van der Waals surface area contributed by atoms with Gasteiger partial charge < -0.3 is 10.3 Å². The van der Waals surface area contributed by atoms with Crippen molar-refractivity contribution < 1.29 is 0 Å². The zero-order chi connectivity index (χ0) is 13.2. The fourth-order valence-electron chi connectivity index (χ4n) is 2.80. The second kappa shape index (κ2) is 4.90. The Kier molecular flexibility index (Phi) is 3.10. The van der Waals surface area contributed by atoms with Crippen LogP contribution in [-0.2, 0) is 6.42 Å². The number of fused-ring (bicyclic) bond motifs is 1. The molecule has 2 N–H and O–H groups in total. The second-order valence-electron chi connectivity index (χ2n) is 4.79. The van der Waals surface area contributed by atoms with Crippen molar-refractivity contribution in [2.75, 3.05) is 6.54 Å². The number of para-hydroxylation sites is 2. The van der Waals surface area contributed by atoms with Crippen molar-refractivity contribution >= 4 is 10.9 Å². The average Bonchev–Trinajstić information content (AvgIpc) is 2.73. The van der Waals surface area contributed by atoms with Crippen LogP contribution in [0.3, 0.4) is 0 Å². The van der Waals surface area contributed by atoms with Crippen LogP contribution in [0.5, 0.6) is 0 Å². The third-order valence-corrected chi connectivity index (χ3v) is 3.65. The lowest BCUT2D eigenvalue weighted by Crippen LogP contribution is -2.04. The summed E-state index contributed by atoms with van der Waals surface area (Å²) in [4.78, 5) is 0. The molecule has 0 aliphatic carbocycles. The fraction of sp³-hybridized carbons (Fsp3) is 0.176. The standard InChI is InChI=1S/C17H18N2/c1-13-15(11-12-18)16-9-5-6-10-17(16)19(13)14-7-3-2-4-8-14/h2-10H,11-12,18H2,1H3. The molecular formula is C17H18N2. The number of hydrogen-bond acceptors (Lipinski definition) is 1. The van der Waals surface area contributed by atoms with Gasteiger partial charge in [0, 0.05) is 16.8 Å². The lowest BCUT2D eigenvalue weighted by Gasteiger charge is -2.08. The van der Waals surface area contributed by atoms with Crippen LogP contribution >= 0.6 is 0 Å². The van der Waals surface area contributed by atoms with E-state index in [2.05, 4.69) is 60.0 Å². The van der Waals surface area contributed by atoms with Gasteiger partial charge in [0.05, 0.1) is 5.52 Å². The van der Waals surface area contributed by atoms with Gasteiger partial charge in [-0.05, 0) is 43.7 Å². The zero-order valence-corrected chi connectivity index (χ0v) is 11.1. The van der Waals surface area contributed by atoms with Crippen LogP contribution in [0.4, 0.5) is 0 Å². The number of benzene rings is 2. The summed E-state index contributed by atoms with van der Waals surface area (Å²) in [6.07, 6.45) is 0.923. The van der Waals surface area contributed by atoms with E-state index >= 15 is 0 Å². The molecule has 19 heavy (non-hydrogen) atoms. The SMILES string of the molecule is Cc1c(CCN)c2ccccc2n1-c1ccccc1. The number of hydrogen-bond donors (Lipinski definition) is 1. The van der Waals surface area contributed by atoms with Crippen LogP contribution in [0.1, 0.15) is 11.3 Å². The largest absolute Gasteiger partial charge is 0.330 e. The molecule has 0 saturated heterocycles. The minimum absolute atomic E-state index is 0.684. The molecule has 3 rings (SSSR count). The lowest BCUT2D eigenvalue weighted by molar-refractivity contribution is 0.941. The second-order valence-corrected chi connectivity index (χ2v) is 4.79. The van der Waals surface area contributed by atoms with Crippen LogP contribution in [0.2, 0.25) is 0 Å². The van der Waals surface area contributed by atoms with Crippen LogP contribution in [0, 0.1) is 6.92 Å². The maximum atomic E-state index is 5.76. The normalized spacial score (nSPS) is 11.1. The summed E-state index contributed by atoms with van der Waals surface area (Å²) in [6, 6.07) is 19.0. The van der Waals surface area contributed by atoms with E-state index in [4.69, 9.17) is 5.73 Å². The van der Waals surface area contributed by atoms with Crippen molar-refractivity contribution in [1.29, 1.82) is 0 Å². The molecule has 2 nitrogen and oxygen atoms in total. The summed E-state index contributed by atoms with van der Waals surface area (Å²) >= 11 is 0. The highest BCUT2D eigenvalue weighted by Crippen LogP contribution is 2.29. The minimum Gasteiger partial charge on any atom is -0.330 e. The first-order valence-corrected chi connectivity index (χ1v) is 6.67. The number of nitrogens with zero attached hydrogens (tertiary/aromatic N) is 1. The molecule has 3 aromatic rings. The number of nitrogens with two attached hydrogens (primary N) is 1.